The summed E-state index contributed by atoms with van der Waals surface area (Å²) in [6, 6.07) is 4.67. The summed E-state index contributed by atoms with van der Waals surface area (Å²) in [4.78, 5) is 3.19. The Hall–Kier alpha value is -0.300. The molecule has 1 heterocycles. The van der Waals surface area contributed by atoms with Crippen LogP contribution >= 0.6 is 11.3 Å². The van der Waals surface area contributed by atoms with Gasteiger partial charge in [0.1, 0.15) is 0 Å². The van der Waals surface area contributed by atoms with Gasteiger partial charge in [-0.15, -0.1) is 11.3 Å². The van der Waals surface area contributed by atoms with E-state index in [1.165, 1.54) is 51.4 Å². The predicted octanol–water partition coefficient (Wildman–Crippen LogP) is 5.21. The molecule has 0 spiro atoms. The van der Waals surface area contributed by atoms with Crippen LogP contribution in [-0.2, 0) is 12.8 Å². The van der Waals surface area contributed by atoms with Crippen LogP contribution in [0.4, 0.5) is 0 Å². The van der Waals surface area contributed by atoms with Crippen LogP contribution in [0, 0.1) is 0 Å². The molecule has 1 aromatic heterocycles. The van der Waals surface area contributed by atoms with Crippen LogP contribution in [0.2, 0.25) is 0 Å². The summed E-state index contributed by atoms with van der Waals surface area (Å²) in [5.41, 5.74) is 0. The molecule has 0 N–H and O–H groups in total. The average molecular weight is 224 g/mol. The molecule has 0 unspecified atom stereocenters. The second kappa shape index (κ2) is 7.92. The highest BCUT2D eigenvalue weighted by Gasteiger charge is 1.99. The first-order valence-corrected chi connectivity index (χ1v) is 7.26. The van der Waals surface area contributed by atoms with Crippen LogP contribution in [0.15, 0.2) is 12.1 Å². The van der Waals surface area contributed by atoms with Gasteiger partial charge < -0.3 is 0 Å². The van der Waals surface area contributed by atoms with Gasteiger partial charge in [0.2, 0.25) is 0 Å². The number of aryl methyl sites for hydroxylation is 2. The second-order valence-corrected chi connectivity index (χ2v) is 5.54. The Morgan fingerprint density at radius 3 is 1.67 bits per heavy atom. The Kier molecular flexibility index (Phi) is 6.74. The Morgan fingerprint density at radius 1 is 0.800 bits per heavy atom. The zero-order chi connectivity index (χ0) is 10.9. The van der Waals surface area contributed by atoms with Crippen molar-refractivity contribution >= 4 is 11.3 Å². The lowest BCUT2D eigenvalue weighted by atomic mass is 10.2. The van der Waals surface area contributed by atoms with Gasteiger partial charge in [0.25, 0.3) is 0 Å². The maximum atomic E-state index is 2.33. The summed E-state index contributed by atoms with van der Waals surface area (Å²) in [5, 5.41) is 0. The normalized spacial score (nSPS) is 10.8. The van der Waals surface area contributed by atoms with E-state index in [2.05, 4.69) is 26.0 Å². The lowest BCUT2D eigenvalue weighted by Gasteiger charge is -1.96. The van der Waals surface area contributed by atoms with Gasteiger partial charge in [-0.2, -0.15) is 0 Å². The zero-order valence-corrected chi connectivity index (χ0v) is 11.0. The molecule has 1 aromatic rings. The highest BCUT2D eigenvalue weighted by molar-refractivity contribution is 7.11. The monoisotopic (exact) mass is 224 g/mol. The molecule has 1 heteroatoms. The SMILES string of the molecule is CCCCCc1ccc(CCCCC)s1. The third-order valence-corrected chi connectivity index (χ3v) is 3.98. The molecular formula is C14H24S. The summed E-state index contributed by atoms with van der Waals surface area (Å²) in [5.74, 6) is 0. The maximum Gasteiger partial charge on any atom is 0.00481 e. The first kappa shape index (κ1) is 12.8. The molecule has 86 valence electrons. The summed E-state index contributed by atoms with van der Waals surface area (Å²) in [6.07, 6.45) is 10.7. The molecule has 0 radical (unpaired) electrons. The summed E-state index contributed by atoms with van der Waals surface area (Å²) in [6.45, 7) is 4.54. The Bertz CT molecular complexity index is 225. The van der Waals surface area contributed by atoms with Gasteiger partial charge in [-0.05, 0) is 37.8 Å². The standard InChI is InChI=1S/C14H24S/c1-3-5-7-9-13-11-12-14(15-13)10-8-6-4-2/h11-12H,3-10H2,1-2H3. The van der Waals surface area contributed by atoms with E-state index >= 15 is 0 Å². The topological polar surface area (TPSA) is 0 Å². The maximum absolute atomic E-state index is 2.33. The van der Waals surface area contributed by atoms with Gasteiger partial charge in [-0.1, -0.05) is 39.5 Å². The second-order valence-electron chi connectivity index (χ2n) is 4.28. The summed E-state index contributed by atoms with van der Waals surface area (Å²) < 4.78 is 0. The number of unbranched alkanes of at least 4 members (excludes halogenated alkanes) is 4. The van der Waals surface area contributed by atoms with Gasteiger partial charge in [-0.25, -0.2) is 0 Å². The van der Waals surface area contributed by atoms with Gasteiger partial charge in [-0.3, -0.25) is 0 Å². The van der Waals surface area contributed by atoms with E-state index < -0.39 is 0 Å². The van der Waals surface area contributed by atoms with Crippen LogP contribution in [0.25, 0.3) is 0 Å². The van der Waals surface area contributed by atoms with Crippen molar-refractivity contribution in [2.45, 2.75) is 65.2 Å². The van der Waals surface area contributed by atoms with E-state index in [9.17, 15) is 0 Å². The van der Waals surface area contributed by atoms with Gasteiger partial charge in [0, 0.05) is 9.75 Å². The first-order valence-electron chi connectivity index (χ1n) is 6.44. The van der Waals surface area contributed by atoms with Crippen molar-refractivity contribution in [1.82, 2.24) is 0 Å². The molecule has 0 aliphatic rings. The molecule has 0 amide bonds. The van der Waals surface area contributed by atoms with Gasteiger partial charge in [0.15, 0.2) is 0 Å². The van der Waals surface area contributed by atoms with E-state index in [0.29, 0.717) is 0 Å². The third-order valence-electron chi connectivity index (χ3n) is 2.77. The molecule has 0 saturated carbocycles. The Morgan fingerprint density at radius 2 is 1.27 bits per heavy atom. The largest absolute Gasteiger partial charge is 0.145 e. The van der Waals surface area contributed by atoms with Crippen molar-refractivity contribution in [1.29, 1.82) is 0 Å². The van der Waals surface area contributed by atoms with Crippen LogP contribution in [-0.4, -0.2) is 0 Å². The predicted molar refractivity (Wildman–Crippen MR) is 70.8 cm³/mol. The first-order chi connectivity index (χ1) is 7.36. The average Bonchev–Trinajstić information content (AvgIpc) is 2.67. The van der Waals surface area contributed by atoms with Crippen molar-refractivity contribution in [2.75, 3.05) is 0 Å². The van der Waals surface area contributed by atoms with Crippen molar-refractivity contribution < 1.29 is 0 Å². The third kappa shape index (κ3) is 5.36. The zero-order valence-electron chi connectivity index (χ0n) is 10.2. The van der Waals surface area contributed by atoms with E-state index in [1.54, 1.807) is 9.75 Å². The lowest BCUT2D eigenvalue weighted by molar-refractivity contribution is 0.722. The number of hydrogen-bond donors (Lipinski definition) is 0. The number of rotatable bonds is 8. The highest BCUT2D eigenvalue weighted by atomic mass is 32.1. The van der Waals surface area contributed by atoms with Crippen molar-refractivity contribution in [3.63, 3.8) is 0 Å². The number of hydrogen-bond acceptors (Lipinski definition) is 1. The van der Waals surface area contributed by atoms with E-state index in [0.717, 1.165) is 0 Å². The van der Waals surface area contributed by atoms with Crippen molar-refractivity contribution in [3.8, 4) is 0 Å². The van der Waals surface area contributed by atoms with Gasteiger partial charge in [0.05, 0.1) is 0 Å². The molecule has 0 aliphatic heterocycles. The van der Waals surface area contributed by atoms with Crippen molar-refractivity contribution in [3.05, 3.63) is 21.9 Å². The fourth-order valence-electron chi connectivity index (χ4n) is 1.79. The Labute approximate surface area is 98.7 Å². The molecular weight excluding hydrogens is 200 g/mol. The molecule has 0 aromatic carbocycles. The molecule has 0 fully saturated rings. The van der Waals surface area contributed by atoms with E-state index in [-0.39, 0.29) is 0 Å². The van der Waals surface area contributed by atoms with Crippen LogP contribution in [0.1, 0.15) is 62.1 Å². The van der Waals surface area contributed by atoms with Crippen molar-refractivity contribution in [2.24, 2.45) is 0 Å². The quantitative estimate of drug-likeness (QED) is 0.531. The minimum atomic E-state index is 1.30. The lowest BCUT2D eigenvalue weighted by Crippen LogP contribution is -1.80. The van der Waals surface area contributed by atoms with Gasteiger partial charge >= 0.3 is 0 Å². The molecule has 1 rings (SSSR count). The summed E-state index contributed by atoms with van der Waals surface area (Å²) >= 11 is 2.03. The molecule has 15 heavy (non-hydrogen) atoms. The minimum absolute atomic E-state index is 1.30. The fourth-order valence-corrected chi connectivity index (χ4v) is 2.89. The minimum Gasteiger partial charge on any atom is -0.145 e. The number of thiophene rings is 1. The van der Waals surface area contributed by atoms with E-state index in [1.807, 2.05) is 11.3 Å². The van der Waals surface area contributed by atoms with Crippen LogP contribution in [0.3, 0.4) is 0 Å². The Balaban J connectivity index is 2.23. The molecule has 0 bridgehead atoms. The smallest absolute Gasteiger partial charge is 0.00481 e. The molecule has 0 nitrogen and oxygen atoms in total. The van der Waals surface area contributed by atoms with Crippen LogP contribution < -0.4 is 0 Å². The fraction of sp³-hybridized carbons (Fsp3) is 0.714. The van der Waals surface area contributed by atoms with Crippen LogP contribution in [0.5, 0.6) is 0 Å². The molecule has 0 atom stereocenters. The summed E-state index contributed by atoms with van der Waals surface area (Å²) in [7, 11) is 0. The molecule has 0 saturated heterocycles. The highest BCUT2D eigenvalue weighted by Crippen LogP contribution is 2.20. The molecule has 0 aliphatic carbocycles. The van der Waals surface area contributed by atoms with E-state index in [4.69, 9.17) is 0 Å².